The number of aryl methyl sites for hydroxylation is 2. The minimum absolute atomic E-state index is 0.0757. The predicted molar refractivity (Wildman–Crippen MR) is 97.2 cm³/mol. The maximum atomic E-state index is 11.2. The van der Waals surface area contributed by atoms with Gasteiger partial charge in [-0.25, -0.2) is 0 Å². The van der Waals surface area contributed by atoms with Crippen molar-refractivity contribution in [2.24, 2.45) is 5.92 Å². The van der Waals surface area contributed by atoms with Crippen LogP contribution in [-0.2, 0) is 12.8 Å². The molecule has 1 aromatic heterocycles. The van der Waals surface area contributed by atoms with E-state index >= 15 is 0 Å². The number of hydrogen-bond donors (Lipinski definition) is 1. The number of rotatable bonds is 2. The van der Waals surface area contributed by atoms with Gasteiger partial charge in [-0.1, -0.05) is 17.7 Å². The second-order valence-electron chi connectivity index (χ2n) is 6.90. The van der Waals surface area contributed by atoms with E-state index in [9.17, 15) is 10.1 Å². The van der Waals surface area contributed by atoms with Crippen LogP contribution in [0.3, 0.4) is 0 Å². The van der Waals surface area contributed by atoms with Crippen molar-refractivity contribution in [1.29, 1.82) is 0 Å². The number of fused-ring (bicyclic) bond motifs is 2. The van der Waals surface area contributed by atoms with E-state index in [1.165, 1.54) is 17.3 Å². The summed E-state index contributed by atoms with van der Waals surface area (Å²) in [6, 6.07) is 7.84. The van der Waals surface area contributed by atoms with Crippen molar-refractivity contribution in [2.45, 2.75) is 31.6 Å². The van der Waals surface area contributed by atoms with Crippen LogP contribution in [0.4, 0.5) is 5.69 Å². The highest BCUT2D eigenvalue weighted by atomic mass is 35.5. The number of aromatic nitrogens is 1. The molecule has 1 N–H and O–H groups in total. The molecular formula is C19H20ClN3O2. The number of benzene rings is 1. The SMILES string of the molecule is O=[N+]([O-])c1cnc2c(c1)CCc1cc(Cl)ccc1C2C1CCNCC1. The van der Waals surface area contributed by atoms with E-state index in [4.69, 9.17) is 11.6 Å². The first-order valence-corrected chi connectivity index (χ1v) is 9.13. The number of halogens is 1. The standard InChI is InChI=1S/C19H20ClN3O2/c20-15-3-4-17-13(9-15)1-2-14-10-16(23(24)25)11-22-19(14)18(17)12-5-7-21-8-6-12/h3-4,9-12,18,21H,1-2,5-8H2. The quantitative estimate of drug-likeness (QED) is 0.654. The predicted octanol–water partition coefficient (Wildman–Crippen LogP) is 3.87. The fraction of sp³-hybridized carbons (Fsp3) is 0.421. The van der Waals surface area contributed by atoms with Gasteiger partial charge in [0.1, 0.15) is 6.20 Å². The molecule has 1 aliphatic heterocycles. The van der Waals surface area contributed by atoms with Crippen LogP contribution in [0.25, 0.3) is 0 Å². The molecule has 1 aromatic carbocycles. The highest BCUT2D eigenvalue weighted by molar-refractivity contribution is 6.30. The normalized spacial score (nSPS) is 20.4. The van der Waals surface area contributed by atoms with Crippen LogP contribution in [0.1, 0.15) is 41.1 Å². The Balaban J connectivity index is 1.85. The highest BCUT2D eigenvalue weighted by Gasteiger charge is 2.33. The fourth-order valence-corrected chi connectivity index (χ4v) is 4.45. The number of hydrogen-bond acceptors (Lipinski definition) is 4. The summed E-state index contributed by atoms with van der Waals surface area (Å²) in [4.78, 5) is 15.4. The number of nitro groups is 1. The molecule has 1 atom stereocenters. The third-order valence-electron chi connectivity index (χ3n) is 5.45. The maximum absolute atomic E-state index is 11.2. The molecule has 6 heteroatoms. The third kappa shape index (κ3) is 3.14. The topological polar surface area (TPSA) is 68.1 Å². The summed E-state index contributed by atoms with van der Waals surface area (Å²) in [5.41, 5.74) is 4.63. The first kappa shape index (κ1) is 16.5. The second kappa shape index (κ2) is 6.73. The second-order valence-corrected chi connectivity index (χ2v) is 7.34. The van der Waals surface area contributed by atoms with Gasteiger partial charge in [0.15, 0.2) is 0 Å². The lowest BCUT2D eigenvalue weighted by molar-refractivity contribution is -0.385. The Morgan fingerprint density at radius 3 is 2.68 bits per heavy atom. The maximum Gasteiger partial charge on any atom is 0.287 e. The summed E-state index contributed by atoms with van der Waals surface area (Å²) in [6.07, 6.45) is 5.19. The van der Waals surface area contributed by atoms with Crippen molar-refractivity contribution in [3.8, 4) is 0 Å². The number of pyridine rings is 1. The van der Waals surface area contributed by atoms with Gasteiger partial charge in [0.05, 0.1) is 10.6 Å². The third-order valence-corrected chi connectivity index (χ3v) is 5.69. The average Bonchev–Trinajstić information content (AvgIpc) is 2.78. The minimum atomic E-state index is -0.359. The van der Waals surface area contributed by atoms with Gasteiger partial charge in [0, 0.05) is 17.0 Å². The van der Waals surface area contributed by atoms with Crippen LogP contribution < -0.4 is 5.32 Å². The van der Waals surface area contributed by atoms with Crippen LogP contribution in [0.2, 0.25) is 5.02 Å². The van der Waals surface area contributed by atoms with Crippen molar-refractivity contribution in [2.75, 3.05) is 13.1 Å². The molecule has 0 saturated carbocycles. The molecule has 0 bridgehead atoms. The van der Waals surface area contributed by atoms with E-state index in [-0.39, 0.29) is 16.5 Å². The van der Waals surface area contributed by atoms with Crippen molar-refractivity contribution >= 4 is 17.3 Å². The first-order chi connectivity index (χ1) is 12.1. The lowest BCUT2D eigenvalue weighted by Gasteiger charge is -2.31. The molecule has 2 aliphatic rings. The molecule has 5 nitrogen and oxygen atoms in total. The van der Waals surface area contributed by atoms with Gasteiger partial charge < -0.3 is 5.32 Å². The molecular weight excluding hydrogens is 338 g/mol. The van der Waals surface area contributed by atoms with E-state index in [0.717, 1.165) is 55.1 Å². The zero-order chi connectivity index (χ0) is 17.4. The molecule has 2 aromatic rings. The summed E-state index contributed by atoms with van der Waals surface area (Å²) in [6.45, 7) is 2.01. The summed E-state index contributed by atoms with van der Waals surface area (Å²) < 4.78 is 0. The summed E-state index contributed by atoms with van der Waals surface area (Å²) >= 11 is 6.23. The largest absolute Gasteiger partial charge is 0.317 e. The van der Waals surface area contributed by atoms with Gasteiger partial charge in [-0.05, 0) is 73.5 Å². The van der Waals surface area contributed by atoms with Crippen LogP contribution in [-0.4, -0.2) is 23.0 Å². The van der Waals surface area contributed by atoms with E-state index in [2.05, 4.69) is 16.4 Å². The van der Waals surface area contributed by atoms with Crippen molar-refractivity contribution < 1.29 is 4.92 Å². The molecule has 2 heterocycles. The number of nitrogens with zero attached hydrogens (tertiary/aromatic N) is 2. The Hall–Kier alpha value is -1.98. The van der Waals surface area contributed by atoms with E-state index in [0.29, 0.717) is 5.92 Å². The van der Waals surface area contributed by atoms with Crippen LogP contribution in [0, 0.1) is 16.0 Å². The summed E-state index contributed by atoms with van der Waals surface area (Å²) in [5.74, 6) is 0.680. The molecule has 1 aliphatic carbocycles. The Morgan fingerprint density at radius 1 is 1.16 bits per heavy atom. The lowest BCUT2D eigenvalue weighted by atomic mass is 9.77. The van der Waals surface area contributed by atoms with Gasteiger partial charge in [0.2, 0.25) is 0 Å². The lowest BCUT2D eigenvalue weighted by Crippen LogP contribution is -2.32. The fourth-order valence-electron chi connectivity index (χ4n) is 4.25. The first-order valence-electron chi connectivity index (χ1n) is 8.75. The van der Waals surface area contributed by atoms with Crippen molar-refractivity contribution in [3.63, 3.8) is 0 Å². The Labute approximate surface area is 151 Å². The van der Waals surface area contributed by atoms with E-state index in [1.807, 2.05) is 12.1 Å². The van der Waals surface area contributed by atoms with Crippen molar-refractivity contribution in [3.05, 3.63) is 68.0 Å². The summed E-state index contributed by atoms with van der Waals surface area (Å²) in [5, 5.41) is 15.3. The molecule has 0 spiro atoms. The Bertz CT molecular complexity index is 818. The Kier molecular flexibility index (Phi) is 4.44. The van der Waals surface area contributed by atoms with Gasteiger partial charge in [-0.3, -0.25) is 15.1 Å². The molecule has 0 radical (unpaired) electrons. The monoisotopic (exact) mass is 357 g/mol. The molecule has 1 fully saturated rings. The smallest absolute Gasteiger partial charge is 0.287 e. The zero-order valence-electron chi connectivity index (χ0n) is 13.9. The van der Waals surface area contributed by atoms with Gasteiger partial charge >= 0.3 is 0 Å². The molecule has 1 saturated heterocycles. The molecule has 1 unspecified atom stereocenters. The summed E-state index contributed by atoms with van der Waals surface area (Å²) in [7, 11) is 0. The average molecular weight is 358 g/mol. The molecule has 0 amide bonds. The van der Waals surface area contributed by atoms with Crippen LogP contribution >= 0.6 is 11.6 Å². The van der Waals surface area contributed by atoms with E-state index in [1.54, 1.807) is 6.07 Å². The Morgan fingerprint density at radius 2 is 1.92 bits per heavy atom. The van der Waals surface area contributed by atoms with Crippen LogP contribution in [0.15, 0.2) is 30.5 Å². The van der Waals surface area contributed by atoms with Gasteiger partial charge in [0.25, 0.3) is 5.69 Å². The molecule has 25 heavy (non-hydrogen) atoms. The van der Waals surface area contributed by atoms with Gasteiger partial charge in [-0.15, -0.1) is 0 Å². The zero-order valence-corrected chi connectivity index (χ0v) is 14.6. The number of piperidine rings is 1. The van der Waals surface area contributed by atoms with Gasteiger partial charge in [-0.2, -0.15) is 0 Å². The number of nitrogens with one attached hydrogen (secondary N) is 1. The minimum Gasteiger partial charge on any atom is -0.317 e. The van der Waals surface area contributed by atoms with Crippen LogP contribution in [0.5, 0.6) is 0 Å². The highest BCUT2D eigenvalue weighted by Crippen LogP contribution is 2.42. The molecule has 130 valence electrons. The molecule has 4 rings (SSSR count). The van der Waals surface area contributed by atoms with Crippen molar-refractivity contribution in [1.82, 2.24) is 10.3 Å². The van der Waals surface area contributed by atoms with E-state index < -0.39 is 0 Å².